The molecule has 6 heteroatoms. The van der Waals surface area contributed by atoms with Gasteiger partial charge in [-0.3, -0.25) is 9.59 Å². The Hall–Kier alpha value is -3.46. The molecule has 1 aliphatic heterocycles. The van der Waals surface area contributed by atoms with E-state index in [0.29, 0.717) is 29.2 Å². The van der Waals surface area contributed by atoms with Gasteiger partial charge in [0.25, 0.3) is 5.91 Å². The van der Waals surface area contributed by atoms with Gasteiger partial charge in [0.2, 0.25) is 5.91 Å². The number of benzene rings is 1. The molecule has 1 heterocycles. The summed E-state index contributed by atoms with van der Waals surface area (Å²) in [7, 11) is 1.58. The number of carbonyl (C=O) groups excluding carboxylic acids is 2. The van der Waals surface area contributed by atoms with Gasteiger partial charge in [0, 0.05) is 18.2 Å². The van der Waals surface area contributed by atoms with E-state index in [1.807, 2.05) is 32.9 Å². The third-order valence-electron chi connectivity index (χ3n) is 5.84. The molecule has 1 aliphatic carbocycles. The molecule has 1 aromatic rings. The molecule has 0 radical (unpaired) electrons. The lowest BCUT2D eigenvalue weighted by molar-refractivity contribution is -0.126. The van der Waals surface area contributed by atoms with Gasteiger partial charge in [0.1, 0.15) is 0 Å². The maximum atomic E-state index is 12.7. The molecule has 0 saturated heterocycles. The van der Waals surface area contributed by atoms with Crippen molar-refractivity contribution in [1.82, 2.24) is 4.90 Å². The van der Waals surface area contributed by atoms with Gasteiger partial charge < -0.3 is 20.1 Å². The van der Waals surface area contributed by atoms with Crippen LogP contribution in [0.15, 0.2) is 54.3 Å². The largest absolute Gasteiger partial charge is 0.493 e. The number of hydrogen-bond donors (Lipinski definition) is 1. The molecule has 0 spiro atoms. The zero-order valence-electron chi connectivity index (χ0n) is 22.5. The normalized spacial score (nSPS) is 15.9. The average Bonchev–Trinajstić information content (AvgIpc) is 3.47. The van der Waals surface area contributed by atoms with Crippen molar-refractivity contribution in [3.8, 4) is 23.8 Å². The summed E-state index contributed by atoms with van der Waals surface area (Å²) < 4.78 is 11.6. The van der Waals surface area contributed by atoms with Crippen LogP contribution in [0.4, 0.5) is 0 Å². The smallest absolute Gasteiger partial charge is 0.251 e. The summed E-state index contributed by atoms with van der Waals surface area (Å²) in [5.41, 5.74) is 7.38. The number of carbonyl (C=O) groups is 2. The molecule has 1 aromatic carbocycles. The van der Waals surface area contributed by atoms with Crippen LogP contribution in [0.3, 0.4) is 0 Å². The van der Waals surface area contributed by atoms with Crippen molar-refractivity contribution in [3.05, 3.63) is 59.8 Å². The van der Waals surface area contributed by atoms with Crippen molar-refractivity contribution < 1.29 is 19.1 Å². The molecule has 6 nitrogen and oxygen atoms in total. The van der Waals surface area contributed by atoms with Crippen molar-refractivity contribution >= 4 is 11.8 Å². The lowest BCUT2D eigenvalue weighted by Gasteiger charge is -2.30. The van der Waals surface area contributed by atoms with E-state index in [1.165, 1.54) is 11.0 Å². The second kappa shape index (κ2) is 16.3. The first kappa shape index (κ1) is 30.6. The van der Waals surface area contributed by atoms with Gasteiger partial charge in [0.15, 0.2) is 11.5 Å². The van der Waals surface area contributed by atoms with E-state index in [9.17, 15) is 9.59 Å². The van der Waals surface area contributed by atoms with Gasteiger partial charge in [-0.05, 0) is 62.3 Å². The maximum absolute atomic E-state index is 12.7. The van der Waals surface area contributed by atoms with Crippen LogP contribution in [0, 0.1) is 12.3 Å². The van der Waals surface area contributed by atoms with E-state index < -0.39 is 11.9 Å². The van der Waals surface area contributed by atoms with Crippen LogP contribution in [-0.2, 0) is 9.59 Å². The Morgan fingerprint density at radius 3 is 2.47 bits per heavy atom. The van der Waals surface area contributed by atoms with Crippen molar-refractivity contribution in [3.63, 3.8) is 0 Å². The van der Waals surface area contributed by atoms with Crippen molar-refractivity contribution in [2.45, 2.75) is 84.8 Å². The lowest BCUT2D eigenvalue weighted by Crippen LogP contribution is -2.32. The van der Waals surface area contributed by atoms with E-state index >= 15 is 0 Å². The molecule has 0 bridgehead atoms. The number of ether oxygens (including phenoxy) is 2. The Labute approximate surface area is 217 Å². The second-order valence-corrected chi connectivity index (χ2v) is 8.30. The molecule has 1 atom stereocenters. The fourth-order valence-electron chi connectivity index (χ4n) is 4.16. The summed E-state index contributed by atoms with van der Waals surface area (Å²) in [5.74, 6) is 2.95. The number of amides is 2. The van der Waals surface area contributed by atoms with Crippen molar-refractivity contribution in [2.75, 3.05) is 7.11 Å². The number of methoxy groups -OCH3 is 1. The van der Waals surface area contributed by atoms with E-state index in [-0.39, 0.29) is 18.4 Å². The first-order chi connectivity index (χ1) is 17.4. The summed E-state index contributed by atoms with van der Waals surface area (Å²) in [6.45, 7) is 12.2. The van der Waals surface area contributed by atoms with E-state index in [2.05, 4.69) is 31.6 Å². The Morgan fingerprint density at radius 2 is 1.97 bits per heavy atom. The van der Waals surface area contributed by atoms with Crippen LogP contribution in [0.5, 0.6) is 11.5 Å². The molecule has 2 amide bonds. The zero-order chi connectivity index (χ0) is 27.1. The number of terminal acetylenes is 1. The highest BCUT2D eigenvalue weighted by Crippen LogP contribution is 2.39. The number of hydrogen-bond acceptors (Lipinski definition) is 4. The number of nitrogens with two attached hydrogens (primary N) is 1. The van der Waals surface area contributed by atoms with Crippen LogP contribution >= 0.6 is 0 Å². The molecular weight excluding hydrogens is 452 g/mol. The number of nitrogens with zero attached hydrogens (tertiary/aromatic N) is 1. The van der Waals surface area contributed by atoms with E-state index in [4.69, 9.17) is 21.6 Å². The fourth-order valence-corrected chi connectivity index (χ4v) is 4.16. The molecule has 2 aliphatic rings. The van der Waals surface area contributed by atoms with Crippen LogP contribution in [-0.4, -0.2) is 29.9 Å². The number of primary amides is 1. The topological polar surface area (TPSA) is 81.9 Å². The molecule has 3 rings (SSSR count). The average molecular weight is 495 g/mol. The third-order valence-corrected chi connectivity index (χ3v) is 5.84. The Balaban J connectivity index is 0.000000826. The molecule has 1 fully saturated rings. The molecule has 1 saturated carbocycles. The summed E-state index contributed by atoms with van der Waals surface area (Å²) in [6, 6.07) is 4.82. The van der Waals surface area contributed by atoms with Crippen LogP contribution < -0.4 is 15.2 Å². The first-order valence-corrected chi connectivity index (χ1v) is 12.8. The van der Waals surface area contributed by atoms with Gasteiger partial charge in [-0.25, -0.2) is 0 Å². The summed E-state index contributed by atoms with van der Waals surface area (Å²) in [6.07, 6.45) is 16.9. The zero-order valence-corrected chi connectivity index (χ0v) is 22.5. The highest BCUT2D eigenvalue weighted by molar-refractivity contribution is 5.95. The van der Waals surface area contributed by atoms with Gasteiger partial charge >= 0.3 is 0 Å². The maximum Gasteiger partial charge on any atom is 0.251 e. The summed E-state index contributed by atoms with van der Waals surface area (Å²) >= 11 is 0. The SMILES string of the molecule is C#CCC1=CC(=O)N(C(CC(N)=O)c2ccc(OC)c(OC3CCCC3)c2)C1=C.C/C=C\CC.CC. The van der Waals surface area contributed by atoms with Crippen LogP contribution in [0.2, 0.25) is 0 Å². The van der Waals surface area contributed by atoms with Crippen molar-refractivity contribution in [1.29, 1.82) is 0 Å². The highest BCUT2D eigenvalue weighted by Gasteiger charge is 2.34. The minimum absolute atomic E-state index is 0.0445. The van der Waals surface area contributed by atoms with Gasteiger partial charge in [-0.2, -0.15) is 0 Å². The van der Waals surface area contributed by atoms with E-state index in [1.54, 1.807) is 13.2 Å². The van der Waals surface area contributed by atoms with Crippen LogP contribution in [0.1, 0.15) is 84.2 Å². The predicted octanol–water partition coefficient (Wildman–Crippen LogP) is 6.24. The lowest BCUT2D eigenvalue weighted by atomic mass is 10.00. The van der Waals surface area contributed by atoms with Gasteiger partial charge in [0.05, 0.1) is 25.7 Å². The number of allylic oxidation sites excluding steroid dienone is 3. The second-order valence-electron chi connectivity index (χ2n) is 8.30. The number of rotatable bonds is 9. The van der Waals surface area contributed by atoms with Gasteiger partial charge in [-0.15, -0.1) is 12.3 Å². The predicted molar refractivity (Wildman–Crippen MR) is 146 cm³/mol. The molecule has 36 heavy (non-hydrogen) atoms. The Morgan fingerprint density at radius 1 is 1.31 bits per heavy atom. The molecule has 196 valence electrons. The third kappa shape index (κ3) is 8.64. The van der Waals surface area contributed by atoms with Gasteiger partial charge in [-0.1, -0.05) is 45.6 Å². The highest BCUT2D eigenvalue weighted by atomic mass is 16.5. The fraction of sp³-hybridized carbons (Fsp3) is 0.467. The molecule has 0 aromatic heterocycles. The summed E-state index contributed by atoms with van der Waals surface area (Å²) in [4.78, 5) is 25.9. The van der Waals surface area contributed by atoms with Crippen LogP contribution in [0.25, 0.3) is 0 Å². The standard InChI is InChI=1S/C23H26N2O4.C5H10.C2H6/c1-4-7-16-13-23(27)25(15(16)2)19(14-22(24)26)17-10-11-20(28-3)21(12-17)29-18-8-5-6-9-18;1-3-5-4-2;1-2/h1,10-13,18-19H,2,5-9,14H2,3H3,(H2,24,26);3,5H,4H2,1-2H3;1-2H3/b;5-3-;. The quantitative estimate of drug-likeness (QED) is 0.325. The monoisotopic (exact) mass is 494 g/mol. The molecule has 1 unspecified atom stereocenters. The Bertz CT molecular complexity index is 981. The molecular formula is C30H42N2O4. The van der Waals surface area contributed by atoms with E-state index in [0.717, 1.165) is 37.7 Å². The summed E-state index contributed by atoms with van der Waals surface area (Å²) in [5, 5.41) is 0. The molecule has 2 N–H and O–H groups in total. The minimum atomic E-state index is -0.601. The van der Waals surface area contributed by atoms with Crippen molar-refractivity contribution in [2.24, 2.45) is 5.73 Å². The first-order valence-electron chi connectivity index (χ1n) is 12.8. The Kier molecular flexibility index (Phi) is 13.8. The minimum Gasteiger partial charge on any atom is -0.493 e.